The second kappa shape index (κ2) is 7.18. The lowest BCUT2D eigenvalue weighted by Crippen LogP contribution is -2.21. The van der Waals surface area contributed by atoms with Gasteiger partial charge in [0, 0.05) is 5.69 Å². The summed E-state index contributed by atoms with van der Waals surface area (Å²) in [5.41, 5.74) is 3.19. The van der Waals surface area contributed by atoms with E-state index in [2.05, 4.69) is 5.32 Å². The van der Waals surface area contributed by atoms with Crippen LogP contribution in [0.4, 0.5) is 5.69 Å². The number of amides is 1. The summed E-state index contributed by atoms with van der Waals surface area (Å²) < 4.78 is 5.19. The van der Waals surface area contributed by atoms with Crippen molar-refractivity contribution in [2.75, 3.05) is 11.9 Å². The molecule has 0 aromatic heterocycles. The van der Waals surface area contributed by atoms with E-state index in [-0.39, 0.29) is 12.5 Å². The van der Waals surface area contributed by atoms with E-state index in [1.165, 1.54) is 0 Å². The first-order valence-corrected chi connectivity index (χ1v) is 8.06. The summed E-state index contributed by atoms with van der Waals surface area (Å²) in [5.74, 6) is -0.866. The summed E-state index contributed by atoms with van der Waals surface area (Å²) in [6.45, 7) is 3.54. The molecule has 0 heterocycles. The number of benzene rings is 3. The first-order valence-electron chi connectivity index (χ1n) is 8.06. The maximum atomic E-state index is 12.3. The number of esters is 1. The van der Waals surface area contributed by atoms with E-state index in [0.29, 0.717) is 5.56 Å². The first kappa shape index (κ1) is 16.7. The maximum Gasteiger partial charge on any atom is 0.339 e. The van der Waals surface area contributed by atoms with Crippen LogP contribution in [0.1, 0.15) is 21.5 Å². The molecule has 0 aliphatic rings. The molecular weight excluding hydrogens is 314 g/mol. The van der Waals surface area contributed by atoms with Crippen molar-refractivity contribution in [1.82, 2.24) is 0 Å². The molecule has 0 saturated heterocycles. The fraction of sp³-hybridized carbons (Fsp3) is 0.143. The van der Waals surface area contributed by atoms with E-state index in [1.54, 1.807) is 12.1 Å². The Balaban J connectivity index is 1.67. The van der Waals surface area contributed by atoms with Crippen molar-refractivity contribution in [2.45, 2.75) is 13.8 Å². The molecule has 3 aromatic carbocycles. The van der Waals surface area contributed by atoms with Gasteiger partial charge in [-0.3, -0.25) is 4.79 Å². The monoisotopic (exact) mass is 333 g/mol. The highest BCUT2D eigenvalue weighted by atomic mass is 16.5. The summed E-state index contributed by atoms with van der Waals surface area (Å²) in [6, 6.07) is 18.8. The van der Waals surface area contributed by atoms with Crippen LogP contribution in [-0.2, 0) is 9.53 Å². The van der Waals surface area contributed by atoms with Gasteiger partial charge in [-0.25, -0.2) is 4.79 Å². The predicted octanol–water partition coefficient (Wildman–Crippen LogP) is 4.25. The van der Waals surface area contributed by atoms with E-state index >= 15 is 0 Å². The highest BCUT2D eigenvalue weighted by molar-refractivity contribution is 6.05. The van der Waals surface area contributed by atoms with E-state index < -0.39 is 5.97 Å². The largest absolute Gasteiger partial charge is 0.452 e. The third-order valence-electron chi connectivity index (χ3n) is 4.01. The van der Waals surface area contributed by atoms with Crippen molar-refractivity contribution in [3.8, 4) is 0 Å². The standard InChI is InChI=1S/C21H19NO3/c1-14-10-11-15(2)19(12-14)22-20(23)13-25-21(24)18-9-5-7-16-6-3-4-8-17(16)18/h3-12H,13H2,1-2H3,(H,22,23). The van der Waals surface area contributed by atoms with Gasteiger partial charge in [0.25, 0.3) is 5.91 Å². The lowest BCUT2D eigenvalue weighted by Gasteiger charge is -2.10. The van der Waals surface area contributed by atoms with Crippen LogP contribution >= 0.6 is 0 Å². The van der Waals surface area contributed by atoms with Gasteiger partial charge in [-0.1, -0.05) is 48.5 Å². The Bertz CT molecular complexity index is 942. The van der Waals surface area contributed by atoms with Gasteiger partial charge in [0.05, 0.1) is 5.56 Å². The van der Waals surface area contributed by atoms with Crippen molar-refractivity contribution in [1.29, 1.82) is 0 Å². The second-order valence-electron chi connectivity index (χ2n) is 5.97. The van der Waals surface area contributed by atoms with E-state index in [9.17, 15) is 9.59 Å². The molecule has 1 N–H and O–H groups in total. The number of nitrogens with one attached hydrogen (secondary N) is 1. The molecule has 0 bridgehead atoms. The zero-order valence-electron chi connectivity index (χ0n) is 14.2. The number of ether oxygens (including phenoxy) is 1. The van der Waals surface area contributed by atoms with Gasteiger partial charge in [0.1, 0.15) is 0 Å². The predicted molar refractivity (Wildman–Crippen MR) is 98.8 cm³/mol. The number of fused-ring (bicyclic) bond motifs is 1. The summed E-state index contributed by atoms with van der Waals surface area (Å²) in [4.78, 5) is 24.4. The van der Waals surface area contributed by atoms with Gasteiger partial charge < -0.3 is 10.1 Å². The molecule has 0 fully saturated rings. The molecule has 3 aromatic rings. The van der Waals surface area contributed by atoms with Crippen LogP contribution in [-0.4, -0.2) is 18.5 Å². The Labute approximate surface area is 146 Å². The summed E-state index contributed by atoms with van der Waals surface area (Å²) in [6.07, 6.45) is 0. The fourth-order valence-electron chi connectivity index (χ4n) is 2.67. The number of hydrogen-bond donors (Lipinski definition) is 1. The molecule has 3 rings (SSSR count). The second-order valence-corrected chi connectivity index (χ2v) is 5.97. The molecule has 0 spiro atoms. The number of aryl methyl sites for hydroxylation is 2. The van der Waals surface area contributed by atoms with Crippen LogP contribution in [0.3, 0.4) is 0 Å². The molecular formula is C21H19NO3. The molecule has 4 nitrogen and oxygen atoms in total. The molecule has 1 amide bonds. The molecule has 0 aliphatic heterocycles. The quantitative estimate of drug-likeness (QED) is 0.726. The van der Waals surface area contributed by atoms with Crippen molar-refractivity contribution in [2.24, 2.45) is 0 Å². The number of carbonyl (C=O) groups is 2. The van der Waals surface area contributed by atoms with Gasteiger partial charge in [0.2, 0.25) is 0 Å². The maximum absolute atomic E-state index is 12.3. The molecule has 25 heavy (non-hydrogen) atoms. The van der Waals surface area contributed by atoms with E-state index in [0.717, 1.165) is 27.6 Å². The van der Waals surface area contributed by atoms with Gasteiger partial charge >= 0.3 is 5.97 Å². The highest BCUT2D eigenvalue weighted by Crippen LogP contribution is 2.19. The Morgan fingerprint density at radius 2 is 1.72 bits per heavy atom. The van der Waals surface area contributed by atoms with Crippen LogP contribution in [0.2, 0.25) is 0 Å². The summed E-state index contributed by atoms with van der Waals surface area (Å²) in [7, 11) is 0. The minimum absolute atomic E-state index is 0.324. The van der Waals surface area contributed by atoms with Crippen molar-refractivity contribution in [3.63, 3.8) is 0 Å². The van der Waals surface area contributed by atoms with Gasteiger partial charge in [-0.05, 0) is 47.9 Å². The SMILES string of the molecule is Cc1ccc(C)c(NC(=O)COC(=O)c2cccc3ccccc23)c1. The molecule has 4 heteroatoms. The summed E-state index contributed by atoms with van der Waals surface area (Å²) >= 11 is 0. The number of rotatable bonds is 4. The van der Waals surface area contributed by atoms with Crippen LogP contribution < -0.4 is 5.32 Å². The zero-order chi connectivity index (χ0) is 17.8. The fourth-order valence-corrected chi connectivity index (χ4v) is 2.67. The first-order chi connectivity index (χ1) is 12.0. The average Bonchev–Trinajstić information content (AvgIpc) is 2.62. The third kappa shape index (κ3) is 3.86. The number of hydrogen-bond acceptors (Lipinski definition) is 3. The van der Waals surface area contributed by atoms with Gasteiger partial charge in [-0.15, -0.1) is 0 Å². The molecule has 0 saturated carbocycles. The van der Waals surface area contributed by atoms with Crippen LogP contribution in [0.15, 0.2) is 60.7 Å². The van der Waals surface area contributed by atoms with E-state index in [4.69, 9.17) is 4.74 Å². The Hall–Kier alpha value is -3.14. The highest BCUT2D eigenvalue weighted by Gasteiger charge is 2.13. The van der Waals surface area contributed by atoms with Crippen LogP contribution in [0, 0.1) is 13.8 Å². The zero-order valence-corrected chi connectivity index (χ0v) is 14.2. The van der Waals surface area contributed by atoms with Crippen LogP contribution in [0.25, 0.3) is 10.8 Å². The average molecular weight is 333 g/mol. The molecule has 0 unspecified atom stereocenters. The lowest BCUT2D eigenvalue weighted by molar-refractivity contribution is -0.119. The number of anilines is 1. The smallest absolute Gasteiger partial charge is 0.339 e. The Kier molecular flexibility index (Phi) is 4.80. The number of carbonyl (C=O) groups excluding carboxylic acids is 2. The molecule has 0 atom stereocenters. The van der Waals surface area contributed by atoms with E-state index in [1.807, 2.05) is 62.4 Å². The third-order valence-corrected chi connectivity index (χ3v) is 4.01. The normalized spacial score (nSPS) is 10.5. The Morgan fingerprint density at radius 1 is 0.960 bits per heavy atom. The lowest BCUT2D eigenvalue weighted by atomic mass is 10.1. The summed E-state index contributed by atoms with van der Waals surface area (Å²) in [5, 5.41) is 4.54. The van der Waals surface area contributed by atoms with Crippen molar-refractivity contribution < 1.29 is 14.3 Å². The topological polar surface area (TPSA) is 55.4 Å². The van der Waals surface area contributed by atoms with Crippen molar-refractivity contribution >= 4 is 28.3 Å². The molecule has 126 valence electrons. The van der Waals surface area contributed by atoms with Crippen LogP contribution in [0.5, 0.6) is 0 Å². The minimum Gasteiger partial charge on any atom is -0.452 e. The molecule has 0 aliphatic carbocycles. The van der Waals surface area contributed by atoms with Gasteiger partial charge in [-0.2, -0.15) is 0 Å². The van der Waals surface area contributed by atoms with Gasteiger partial charge in [0.15, 0.2) is 6.61 Å². The molecule has 0 radical (unpaired) electrons. The Morgan fingerprint density at radius 3 is 2.56 bits per heavy atom. The van der Waals surface area contributed by atoms with Crippen molar-refractivity contribution in [3.05, 3.63) is 77.4 Å². The minimum atomic E-state index is -0.507.